The van der Waals surface area contributed by atoms with Crippen molar-refractivity contribution in [2.24, 2.45) is 0 Å². The first-order valence-corrected chi connectivity index (χ1v) is 8.10. The van der Waals surface area contributed by atoms with Gasteiger partial charge in [0.1, 0.15) is 6.33 Å². The smallest absolute Gasteiger partial charge is 0.252 e. The van der Waals surface area contributed by atoms with Crippen LogP contribution in [-0.2, 0) is 44.5 Å². The molecule has 0 atom stereocenters. The Kier molecular flexibility index (Phi) is 7.89. The van der Waals surface area contributed by atoms with Gasteiger partial charge in [-0.3, -0.25) is 0 Å². The predicted octanol–water partition coefficient (Wildman–Crippen LogP) is 4.69. The number of nitrogens with zero attached hydrogens (tertiary/aromatic N) is 4. The summed E-state index contributed by atoms with van der Waals surface area (Å²) in [7, 11) is 0. The molecule has 0 fully saturated rings. The van der Waals surface area contributed by atoms with Crippen molar-refractivity contribution in [1.82, 2.24) is 19.6 Å². The van der Waals surface area contributed by atoms with Crippen molar-refractivity contribution in [2.75, 3.05) is 0 Å². The summed E-state index contributed by atoms with van der Waals surface area (Å²) in [5.41, 5.74) is 4.54. The fourth-order valence-corrected chi connectivity index (χ4v) is 2.87. The molecule has 0 amide bonds. The van der Waals surface area contributed by atoms with Crippen molar-refractivity contribution >= 4 is 5.78 Å². The Bertz CT molecular complexity index is 804. The summed E-state index contributed by atoms with van der Waals surface area (Å²) in [4.78, 5) is 9.15. The SMILES string of the molecule is [CH2-]CCCc1c(-c2ccccc2)c(C(C)(C)C)nc2ncnn12.[CH3-].[Y]. The number of hydrogen-bond donors (Lipinski definition) is 0. The summed E-state index contributed by atoms with van der Waals surface area (Å²) in [6, 6.07) is 10.5. The third-order valence-corrected chi connectivity index (χ3v) is 3.96. The third-order valence-electron chi connectivity index (χ3n) is 3.96. The van der Waals surface area contributed by atoms with Crippen molar-refractivity contribution in [1.29, 1.82) is 0 Å². The van der Waals surface area contributed by atoms with Gasteiger partial charge in [-0.15, -0.1) is 0 Å². The van der Waals surface area contributed by atoms with Gasteiger partial charge in [-0.05, 0) is 12.0 Å². The monoisotopic (exact) mass is 411 g/mol. The molecule has 1 radical (unpaired) electrons. The zero-order chi connectivity index (χ0) is 16.4. The normalized spacial score (nSPS) is 11.0. The van der Waals surface area contributed by atoms with E-state index in [2.05, 4.69) is 62.0 Å². The second-order valence-corrected chi connectivity index (χ2v) is 6.83. The summed E-state index contributed by atoms with van der Waals surface area (Å²) >= 11 is 0. The molecule has 131 valence electrons. The molecule has 0 N–H and O–H groups in total. The van der Waals surface area contributed by atoms with Crippen molar-refractivity contribution in [3.63, 3.8) is 0 Å². The van der Waals surface area contributed by atoms with Crippen molar-refractivity contribution in [3.8, 4) is 11.1 Å². The zero-order valence-electron chi connectivity index (χ0n) is 15.7. The summed E-state index contributed by atoms with van der Waals surface area (Å²) in [5.74, 6) is 0.675. The van der Waals surface area contributed by atoms with Crippen molar-refractivity contribution in [3.05, 3.63) is 62.4 Å². The maximum atomic E-state index is 4.83. The van der Waals surface area contributed by atoms with Crippen LogP contribution in [0.15, 0.2) is 36.7 Å². The predicted molar refractivity (Wildman–Crippen MR) is 99.6 cm³/mol. The van der Waals surface area contributed by atoms with Crippen LogP contribution < -0.4 is 0 Å². The molecule has 1 aromatic carbocycles. The van der Waals surface area contributed by atoms with E-state index in [0.717, 1.165) is 25.0 Å². The van der Waals surface area contributed by atoms with Crippen LogP contribution in [0.25, 0.3) is 16.9 Å². The number of fused-ring (bicyclic) bond motifs is 1. The quantitative estimate of drug-likeness (QED) is 0.585. The summed E-state index contributed by atoms with van der Waals surface area (Å²) in [5, 5.41) is 4.40. The minimum absolute atomic E-state index is 0. The molecule has 0 aliphatic rings. The average Bonchev–Trinajstić information content (AvgIpc) is 3.00. The van der Waals surface area contributed by atoms with Gasteiger partial charge in [0.15, 0.2) is 0 Å². The van der Waals surface area contributed by atoms with E-state index in [1.165, 1.54) is 16.8 Å². The summed E-state index contributed by atoms with van der Waals surface area (Å²) in [6.07, 6.45) is 4.41. The fraction of sp³-hybridized carbons (Fsp3) is 0.350. The van der Waals surface area contributed by atoms with Crippen LogP contribution in [0.3, 0.4) is 0 Å². The van der Waals surface area contributed by atoms with Gasteiger partial charge in [0, 0.05) is 43.7 Å². The average molecular weight is 411 g/mol. The van der Waals surface area contributed by atoms with Gasteiger partial charge in [-0.25, -0.2) is 9.50 Å². The number of rotatable bonds is 4. The van der Waals surface area contributed by atoms with Crippen LogP contribution in [-0.4, -0.2) is 19.6 Å². The molecule has 4 nitrogen and oxygen atoms in total. The van der Waals surface area contributed by atoms with E-state index in [-0.39, 0.29) is 45.6 Å². The topological polar surface area (TPSA) is 43.1 Å². The number of benzene rings is 1. The molecular weight excluding hydrogens is 385 g/mol. The Labute approximate surface area is 176 Å². The number of hydrogen-bond acceptors (Lipinski definition) is 3. The maximum absolute atomic E-state index is 4.83. The molecule has 2 aromatic heterocycles. The molecule has 2 heterocycles. The largest absolute Gasteiger partial charge is 0.358 e. The molecule has 0 saturated heterocycles. The minimum atomic E-state index is -0.0713. The van der Waals surface area contributed by atoms with Crippen LogP contribution in [0, 0.1) is 14.4 Å². The molecule has 3 rings (SSSR count). The minimum Gasteiger partial charge on any atom is -0.358 e. The molecule has 3 aromatic rings. The Balaban J connectivity index is 0.00000156. The summed E-state index contributed by atoms with van der Waals surface area (Å²) < 4.78 is 1.88. The molecule has 0 saturated carbocycles. The van der Waals surface area contributed by atoms with Gasteiger partial charge >= 0.3 is 0 Å². The Morgan fingerprint density at radius 3 is 2.40 bits per heavy atom. The van der Waals surface area contributed by atoms with Crippen LogP contribution in [0.4, 0.5) is 0 Å². The van der Waals surface area contributed by atoms with Crippen LogP contribution in [0.5, 0.6) is 0 Å². The Morgan fingerprint density at radius 1 is 1.12 bits per heavy atom. The molecular formula is C20H26N4Y-2. The molecule has 25 heavy (non-hydrogen) atoms. The van der Waals surface area contributed by atoms with Gasteiger partial charge in [-0.2, -0.15) is 16.5 Å². The molecule has 0 aliphatic carbocycles. The Hall–Kier alpha value is -1.13. The van der Waals surface area contributed by atoms with Crippen LogP contribution >= 0.6 is 0 Å². The van der Waals surface area contributed by atoms with E-state index in [4.69, 9.17) is 4.98 Å². The van der Waals surface area contributed by atoms with Gasteiger partial charge in [0.05, 0.1) is 11.4 Å². The Morgan fingerprint density at radius 2 is 1.80 bits per heavy atom. The molecule has 0 aliphatic heterocycles. The van der Waals surface area contributed by atoms with E-state index < -0.39 is 0 Å². The van der Waals surface area contributed by atoms with Crippen LogP contribution in [0.2, 0.25) is 0 Å². The number of aromatic nitrogens is 4. The van der Waals surface area contributed by atoms with Gasteiger partial charge < -0.3 is 14.4 Å². The first-order chi connectivity index (χ1) is 11.0. The van der Waals surface area contributed by atoms with E-state index in [9.17, 15) is 0 Å². The van der Waals surface area contributed by atoms with Crippen molar-refractivity contribution < 1.29 is 32.7 Å². The van der Waals surface area contributed by atoms with E-state index >= 15 is 0 Å². The van der Waals surface area contributed by atoms with E-state index in [1.807, 2.05) is 10.6 Å². The second kappa shape index (κ2) is 9.00. The third kappa shape index (κ3) is 4.54. The van der Waals surface area contributed by atoms with E-state index in [1.54, 1.807) is 6.33 Å². The maximum Gasteiger partial charge on any atom is 0.252 e. The van der Waals surface area contributed by atoms with Gasteiger partial charge in [0.2, 0.25) is 0 Å². The number of aryl methyl sites for hydroxylation is 1. The first kappa shape index (κ1) is 21.9. The molecule has 0 bridgehead atoms. The van der Waals surface area contributed by atoms with Gasteiger partial charge in [-0.1, -0.05) is 57.5 Å². The first-order valence-electron chi connectivity index (χ1n) is 8.10. The zero-order valence-corrected chi connectivity index (χ0v) is 18.5. The second-order valence-electron chi connectivity index (χ2n) is 6.83. The number of unbranched alkanes of at least 4 members (excludes halogenated alkanes) is 1. The molecule has 5 heteroatoms. The molecule has 0 spiro atoms. The molecule has 0 unspecified atom stereocenters. The van der Waals surface area contributed by atoms with Crippen LogP contribution in [0.1, 0.15) is 45.0 Å². The standard InChI is InChI=1S/C19H23N4.CH3.Y/c1-5-6-12-15-16(14-10-8-7-9-11-14)17(19(2,3)4)22-18-20-13-21-23(15)18;;/h7-11,13H,1,5-6,12H2,2-4H3;1H3;/q2*-1;. The van der Waals surface area contributed by atoms with Gasteiger partial charge in [0.25, 0.3) is 5.78 Å². The van der Waals surface area contributed by atoms with Crippen molar-refractivity contribution in [2.45, 2.75) is 45.4 Å². The fourth-order valence-electron chi connectivity index (χ4n) is 2.87. The summed E-state index contributed by atoms with van der Waals surface area (Å²) in [6.45, 7) is 10.6. The van der Waals surface area contributed by atoms with E-state index in [0.29, 0.717) is 5.78 Å².